The largest absolute Gasteiger partial charge is 0.370 e. The number of Topliss-reactive ketones (excluding diaryl/α,β-unsaturated/α-hetero) is 1. The van der Waals surface area contributed by atoms with E-state index in [0.717, 1.165) is 32.1 Å². The van der Waals surface area contributed by atoms with Crippen LogP contribution in [0, 0.1) is 5.92 Å². The van der Waals surface area contributed by atoms with Crippen molar-refractivity contribution >= 4 is 5.78 Å². The van der Waals surface area contributed by atoms with E-state index in [0.29, 0.717) is 11.7 Å². The lowest BCUT2D eigenvalue weighted by atomic mass is 9.84. The molecule has 0 bridgehead atoms. The van der Waals surface area contributed by atoms with E-state index in [9.17, 15) is 4.79 Å². The Bertz CT molecular complexity index is 246. The second kappa shape index (κ2) is 5.99. The standard InChI is InChI=1S/C15H26O2/c1-17-15(10-6-2-3-7-11-15)14(16)12-13-8-4-5-9-13/h13H,2-12H2,1H3. The fourth-order valence-corrected chi connectivity index (χ4v) is 3.56. The van der Waals surface area contributed by atoms with Crippen LogP contribution in [0.3, 0.4) is 0 Å². The average Bonchev–Trinajstić information content (AvgIpc) is 2.72. The second-order valence-corrected chi connectivity index (χ2v) is 5.89. The fraction of sp³-hybridized carbons (Fsp3) is 0.933. The summed E-state index contributed by atoms with van der Waals surface area (Å²) >= 11 is 0. The molecule has 2 heteroatoms. The summed E-state index contributed by atoms with van der Waals surface area (Å²) in [7, 11) is 1.73. The Labute approximate surface area is 105 Å². The number of methoxy groups -OCH3 is 1. The van der Waals surface area contributed by atoms with Gasteiger partial charge in [-0.25, -0.2) is 0 Å². The van der Waals surface area contributed by atoms with Crippen LogP contribution in [0.1, 0.15) is 70.6 Å². The maximum atomic E-state index is 12.5. The van der Waals surface area contributed by atoms with Gasteiger partial charge in [0.1, 0.15) is 5.60 Å². The molecule has 0 saturated heterocycles. The summed E-state index contributed by atoms with van der Waals surface area (Å²) in [6.07, 6.45) is 12.7. The summed E-state index contributed by atoms with van der Waals surface area (Å²) in [6.45, 7) is 0. The Hall–Kier alpha value is -0.370. The van der Waals surface area contributed by atoms with E-state index in [2.05, 4.69) is 0 Å². The Kier molecular flexibility index (Phi) is 4.61. The van der Waals surface area contributed by atoms with Crippen molar-refractivity contribution in [1.82, 2.24) is 0 Å². The van der Waals surface area contributed by atoms with Crippen LogP contribution in [-0.2, 0) is 9.53 Å². The van der Waals surface area contributed by atoms with E-state index in [1.54, 1.807) is 7.11 Å². The lowest BCUT2D eigenvalue weighted by molar-refractivity contribution is -0.143. The minimum atomic E-state index is -0.418. The molecule has 2 aliphatic rings. The molecule has 2 nitrogen and oxygen atoms in total. The highest BCUT2D eigenvalue weighted by atomic mass is 16.5. The molecule has 0 unspecified atom stereocenters. The molecule has 0 aromatic rings. The van der Waals surface area contributed by atoms with Crippen molar-refractivity contribution in [3.05, 3.63) is 0 Å². The molecule has 98 valence electrons. The predicted molar refractivity (Wildman–Crippen MR) is 69.0 cm³/mol. The van der Waals surface area contributed by atoms with Gasteiger partial charge in [-0.3, -0.25) is 4.79 Å². The van der Waals surface area contributed by atoms with Crippen molar-refractivity contribution < 1.29 is 9.53 Å². The van der Waals surface area contributed by atoms with Crippen LogP contribution in [0.4, 0.5) is 0 Å². The number of ether oxygens (including phenoxy) is 1. The highest BCUT2D eigenvalue weighted by molar-refractivity contribution is 5.87. The maximum Gasteiger partial charge on any atom is 0.164 e. The molecule has 0 amide bonds. The van der Waals surface area contributed by atoms with E-state index in [1.165, 1.54) is 38.5 Å². The van der Waals surface area contributed by atoms with Gasteiger partial charge in [0.05, 0.1) is 0 Å². The molecule has 0 spiro atoms. The molecular weight excluding hydrogens is 212 g/mol. The number of carbonyl (C=O) groups excluding carboxylic acids is 1. The molecule has 17 heavy (non-hydrogen) atoms. The molecule has 0 heterocycles. The van der Waals surface area contributed by atoms with Crippen LogP contribution in [0.25, 0.3) is 0 Å². The number of rotatable bonds is 4. The van der Waals surface area contributed by atoms with Gasteiger partial charge in [-0.2, -0.15) is 0 Å². The number of hydrogen-bond donors (Lipinski definition) is 0. The van der Waals surface area contributed by atoms with E-state index in [-0.39, 0.29) is 0 Å². The Morgan fingerprint density at radius 1 is 1.06 bits per heavy atom. The molecule has 0 aliphatic heterocycles. The van der Waals surface area contributed by atoms with Crippen molar-refractivity contribution in [2.45, 2.75) is 76.2 Å². The van der Waals surface area contributed by atoms with E-state index < -0.39 is 5.60 Å². The minimum Gasteiger partial charge on any atom is -0.370 e. The van der Waals surface area contributed by atoms with Gasteiger partial charge in [-0.15, -0.1) is 0 Å². The first-order valence-electron chi connectivity index (χ1n) is 7.35. The lowest BCUT2D eigenvalue weighted by Crippen LogP contribution is -2.41. The molecule has 2 rings (SSSR count). The summed E-state index contributed by atoms with van der Waals surface area (Å²) in [6, 6.07) is 0. The summed E-state index contributed by atoms with van der Waals surface area (Å²) in [5, 5.41) is 0. The minimum absolute atomic E-state index is 0.397. The first kappa shape index (κ1) is 13.1. The molecular formula is C15H26O2. The second-order valence-electron chi connectivity index (χ2n) is 5.89. The summed E-state index contributed by atoms with van der Waals surface area (Å²) in [5.41, 5.74) is -0.418. The summed E-state index contributed by atoms with van der Waals surface area (Å²) < 4.78 is 5.68. The maximum absolute atomic E-state index is 12.5. The van der Waals surface area contributed by atoms with Crippen molar-refractivity contribution in [3.63, 3.8) is 0 Å². The van der Waals surface area contributed by atoms with Gasteiger partial charge in [0, 0.05) is 13.5 Å². The number of hydrogen-bond acceptors (Lipinski definition) is 2. The van der Waals surface area contributed by atoms with Gasteiger partial charge in [-0.1, -0.05) is 51.4 Å². The zero-order chi connectivity index (χ0) is 12.1. The lowest BCUT2D eigenvalue weighted by Gasteiger charge is -2.30. The van der Waals surface area contributed by atoms with Crippen LogP contribution >= 0.6 is 0 Å². The van der Waals surface area contributed by atoms with Gasteiger partial charge >= 0.3 is 0 Å². The molecule has 0 N–H and O–H groups in total. The third-order valence-corrected chi connectivity index (χ3v) is 4.76. The van der Waals surface area contributed by atoms with Crippen molar-refractivity contribution in [2.75, 3.05) is 7.11 Å². The normalized spacial score (nSPS) is 25.7. The molecule has 2 aliphatic carbocycles. The zero-order valence-corrected chi connectivity index (χ0v) is 11.2. The molecule has 2 saturated carbocycles. The van der Waals surface area contributed by atoms with Gasteiger partial charge in [0.25, 0.3) is 0 Å². The monoisotopic (exact) mass is 238 g/mol. The molecule has 0 aromatic carbocycles. The highest BCUT2D eigenvalue weighted by Crippen LogP contribution is 2.35. The fourth-order valence-electron chi connectivity index (χ4n) is 3.56. The smallest absolute Gasteiger partial charge is 0.164 e. The van der Waals surface area contributed by atoms with Crippen LogP contribution in [0.5, 0.6) is 0 Å². The van der Waals surface area contributed by atoms with E-state index in [1.807, 2.05) is 0 Å². The third-order valence-electron chi connectivity index (χ3n) is 4.76. The summed E-state index contributed by atoms with van der Waals surface area (Å²) in [5.74, 6) is 1.05. The van der Waals surface area contributed by atoms with Gasteiger partial charge in [0.15, 0.2) is 5.78 Å². The Morgan fingerprint density at radius 3 is 2.18 bits per heavy atom. The third kappa shape index (κ3) is 3.09. The molecule has 0 radical (unpaired) electrons. The SMILES string of the molecule is COC1(C(=O)CC2CCCC2)CCCCCC1. The number of ketones is 1. The topological polar surface area (TPSA) is 26.3 Å². The quantitative estimate of drug-likeness (QED) is 0.695. The van der Waals surface area contributed by atoms with Crippen molar-refractivity contribution in [2.24, 2.45) is 5.92 Å². The Balaban J connectivity index is 1.96. The van der Waals surface area contributed by atoms with Crippen molar-refractivity contribution in [1.29, 1.82) is 0 Å². The van der Waals surface area contributed by atoms with Gasteiger partial charge in [0.2, 0.25) is 0 Å². The number of carbonyl (C=O) groups is 1. The molecule has 2 fully saturated rings. The Morgan fingerprint density at radius 2 is 1.65 bits per heavy atom. The molecule has 0 aromatic heterocycles. The van der Waals surface area contributed by atoms with E-state index >= 15 is 0 Å². The summed E-state index contributed by atoms with van der Waals surface area (Å²) in [4.78, 5) is 12.5. The van der Waals surface area contributed by atoms with Crippen LogP contribution < -0.4 is 0 Å². The van der Waals surface area contributed by atoms with Crippen molar-refractivity contribution in [3.8, 4) is 0 Å². The van der Waals surface area contributed by atoms with Crippen LogP contribution in [0.2, 0.25) is 0 Å². The first-order valence-corrected chi connectivity index (χ1v) is 7.35. The van der Waals surface area contributed by atoms with Crippen LogP contribution in [-0.4, -0.2) is 18.5 Å². The van der Waals surface area contributed by atoms with E-state index in [4.69, 9.17) is 4.74 Å². The first-order chi connectivity index (χ1) is 8.27. The van der Waals surface area contributed by atoms with Crippen LogP contribution in [0.15, 0.2) is 0 Å². The highest BCUT2D eigenvalue weighted by Gasteiger charge is 2.39. The van der Waals surface area contributed by atoms with Gasteiger partial charge < -0.3 is 4.74 Å². The van der Waals surface area contributed by atoms with Gasteiger partial charge in [-0.05, 0) is 18.8 Å². The molecule has 0 atom stereocenters. The zero-order valence-electron chi connectivity index (χ0n) is 11.2. The average molecular weight is 238 g/mol. The predicted octanol–water partition coefficient (Wildman–Crippen LogP) is 3.88.